The largest absolute Gasteiger partial charge is 0.380 e. The molecule has 0 unspecified atom stereocenters. The number of methoxy groups -OCH3 is 1. The average molecular weight is 264 g/mol. The highest BCUT2D eigenvalue weighted by Crippen LogP contribution is 2.17. The lowest BCUT2D eigenvalue weighted by atomic mass is 10.1. The van der Waals surface area contributed by atoms with Gasteiger partial charge in [0.2, 0.25) is 0 Å². The van der Waals surface area contributed by atoms with Crippen molar-refractivity contribution >= 4 is 17.4 Å². The summed E-state index contributed by atoms with van der Waals surface area (Å²) < 4.78 is 5.10. The fourth-order valence-corrected chi connectivity index (χ4v) is 1.80. The van der Waals surface area contributed by atoms with Crippen LogP contribution in [0.5, 0.6) is 0 Å². The van der Waals surface area contributed by atoms with Gasteiger partial charge in [-0.25, -0.2) is 9.97 Å². The predicted molar refractivity (Wildman–Crippen MR) is 71.5 cm³/mol. The van der Waals surface area contributed by atoms with Crippen LogP contribution in [-0.4, -0.2) is 17.1 Å². The summed E-state index contributed by atoms with van der Waals surface area (Å²) in [5.74, 6) is 0.642. The maximum atomic E-state index is 5.96. The third-order valence-electron chi connectivity index (χ3n) is 2.43. The van der Waals surface area contributed by atoms with E-state index in [1.165, 1.54) is 6.33 Å². The van der Waals surface area contributed by atoms with Crippen LogP contribution in [0, 0.1) is 0 Å². The lowest BCUT2D eigenvalue weighted by molar-refractivity contribution is 0.185. The molecule has 1 N–H and O–H groups in total. The minimum Gasteiger partial charge on any atom is -0.380 e. The monoisotopic (exact) mass is 263 g/mol. The van der Waals surface area contributed by atoms with Crippen LogP contribution in [0.4, 0.5) is 5.82 Å². The molecule has 1 aromatic heterocycles. The van der Waals surface area contributed by atoms with E-state index >= 15 is 0 Å². The van der Waals surface area contributed by atoms with Crippen molar-refractivity contribution in [2.45, 2.75) is 13.2 Å². The number of nitrogens with zero attached hydrogens (tertiary/aromatic N) is 2. The van der Waals surface area contributed by atoms with Gasteiger partial charge in [0.25, 0.3) is 0 Å². The third kappa shape index (κ3) is 3.42. The molecule has 0 aliphatic carbocycles. The van der Waals surface area contributed by atoms with E-state index < -0.39 is 0 Å². The second-order valence-electron chi connectivity index (χ2n) is 3.83. The molecule has 0 radical (unpaired) electrons. The molecule has 1 aromatic carbocycles. The molecule has 0 saturated carbocycles. The molecule has 0 aliphatic heterocycles. The van der Waals surface area contributed by atoms with E-state index in [1.807, 2.05) is 18.2 Å². The first kappa shape index (κ1) is 12.8. The number of halogens is 1. The number of hydrogen-bond donors (Lipinski definition) is 1. The van der Waals surface area contributed by atoms with Gasteiger partial charge in [-0.05, 0) is 11.1 Å². The van der Waals surface area contributed by atoms with Crippen molar-refractivity contribution in [3.8, 4) is 0 Å². The maximum absolute atomic E-state index is 5.96. The third-order valence-corrected chi connectivity index (χ3v) is 2.71. The molecule has 0 fully saturated rings. The highest BCUT2D eigenvalue weighted by Gasteiger charge is 2.01. The highest BCUT2D eigenvalue weighted by atomic mass is 35.5. The van der Waals surface area contributed by atoms with Crippen LogP contribution < -0.4 is 5.32 Å². The van der Waals surface area contributed by atoms with E-state index in [-0.39, 0.29) is 0 Å². The molecule has 2 rings (SSSR count). The first-order valence-electron chi connectivity index (χ1n) is 5.55. The summed E-state index contributed by atoms with van der Waals surface area (Å²) in [6.45, 7) is 1.27. The van der Waals surface area contributed by atoms with Crippen molar-refractivity contribution in [2.75, 3.05) is 12.4 Å². The molecule has 0 saturated heterocycles. The normalized spacial score (nSPS) is 10.3. The van der Waals surface area contributed by atoms with E-state index in [0.29, 0.717) is 24.0 Å². The molecular formula is C13H14ClN3O. The maximum Gasteiger partial charge on any atom is 0.148 e. The fourth-order valence-electron chi connectivity index (χ4n) is 1.62. The molecule has 0 bridgehead atoms. The summed E-state index contributed by atoms with van der Waals surface area (Å²) in [6.07, 6.45) is 3.04. The molecule has 18 heavy (non-hydrogen) atoms. The van der Waals surface area contributed by atoms with Crippen LogP contribution >= 0.6 is 11.6 Å². The second-order valence-corrected chi connectivity index (χ2v) is 4.23. The van der Waals surface area contributed by atoms with Gasteiger partial charge in [-0.15, -0.1) is 0 Å². The Morgan fingerprint density at radius 3 is 2.94 bits per heavy atom. The number of rotatable bonds is 5. The van der Waals surface area contributed by atoms with Crippen LogP contribution in [-0.2, 0) is 17.9 Å². The fraction of sp³-hybridized carbons (Fsp3) is 0.231. The van der Waals surface area contributed by atoms with Crippen LogP contribution in [0.3, 0.4) is 0 Å². The number of aromatic nitrogens is 2. The van der Waals surface area contributed by atoms with E-state index in [9.17, 15) is 0 Å². The molecule has 0 aliphatic rings. The summed E-state index contributed by atoms with van der Waals surface area (Å²) in [6, 6.07) is 8.17. The van der Waals surface area contributed by atoms with Crippen molar-refractivity contribution < 1.29 is 4.74 Å². The molecule has 1 heterocycles. The van der Waals surface area contributed by atoms with Crippen molar-refractivity contribution in [1.82, 2.24) is 9.97 Å². The number of nitrogens with one attached hydrogen (secondary N) is 1. The molecule has 0 spiro atoms. The zero-order valence-electron chi connectivity index (χ0n) is 10.1. The Hall–Kier alpha value is -1.65. The first-order valence-corrected chi connectivity index (χ1v) is 5.93. The number of anilines is 1. The average Bonchev–Trinajstić information content (AvgIpc) is 2.39. The van der Waals surface area contributed by atoms with Crippen molar-refractivity contribution in [1.29, 1.82) is 0 Å². The van der Waals surface area contributed by atoms with Crippen LogP contribution in [0.25, 0.3) is 0 Å². The summed E-state index contributed by atoms with van der Waals surface area (Å²) in [5, 5.41) is 3.69. The molecule has 4 nitrogen and oxygen atoms in total. The van der Waals surface area contributed by atoms with Crippen LogP contribution in [0.2, 0.25) is 5.02 Å². The molecule has 2 aromatic rings. The topological polar surface area (TPSA) is 47.0 Å². The first-order chi connectivity index (χ1) is 8.79. The Morgan fingerprint density at radius 2 is 2.17 bits per heavy atom. The summed E-state index contributed by atoms with van der Waals surface area (Å²) in [5.41, 5.74) is 2.30. The summed E-state index contributed by atoms with van der Waals surface area (Å²) >= 11 is 5.96. The number of benzene rings is 1. The van der Waals surface area contributed by atoms with Gasteiger partial charge >= 0.3 is 0 Å². The Balaban J connectivity index is 2.02. The van der Waals surface area contributed by atoms with Gasteiger partial charge in [-0.1, -0.05) is 35.9 Å². The Kier molecular flexibility index (Phi) is 4.50. The quantitative estimate of drug-likeness (QED) is 0.901. The Morgan fingerprint density at radius 1 is 1.33 bits per heavy atom. The molecule has 94 valence electrons. The van der Waals surface area contributed by atoms with Gasteiger partial charge in [-0.3, -0.25) is 0 Å². The molecular weight excluding hydrogens is 250 g/mol. The van der Waals surface area contributed by atoms with Crippen molar-refractivity contribution in [3.63, 3.8) is 0 Å². The minimum absolute atomic E-state index is 0.519. The van der Waals surface area contributed by atoms with Crippen molar-refractivity contribution in [2.24, 2.45) is 0 Å². The number of hydrogen-bond acceptors (Lipinski definition) is 4. The van der Waals surface area contributed by atoms with Gasteiger partial charge in [0.1, 0.15) is 17.2 Å². The highest BCUT2D eigenvalue weighted by molar-refractivity contribution is 6.32. The van der Waals surface area contributed by atoms with Crippen LogP contribution in [0.1, 0.15) is 11.1 Å². The van der Waals surface area contributed by atoms with Gasteiger partial charge in [-0.2, -0.15) is 0 Å². The van der Waals surface area contributed by atoms with Gasteiger partial charge in [0, 0.05) is 13.7 Å². The molecule has 0 atom stereocenters. The van der Waals surface area contributed by atoms with E-state index in [4.69, 9.17) is 16.3 Å². The lowest BCUT2D eigenvalue weighted by Crippen LogP contribution is -2.02. The molecule has 0 amide bonds. The predicted octanol–water partition coefficient (Wildman–Crippen LogP) is 2.89. The van der Waals surface area contributed by atoms with Gasteiger partial charge < -0.3 is 10.1 Å². The summed E-state index contributed by atoms with van der Waals surface area (Å²) in [4.78, 5) is 7.91. The molecule has 5 heteroatoms. The second kappa shape index (κ2) is 6.33. The van der Waals surface area contributed by atoms with E-state index in [2.05, 4.69) is 21.4 Å². The smallest absolute Gasteiger partial charge is 0.148 e. The number of ether oxygens (including phenoxy) is 1. The SMILES string of the molecule is COCc1cccc(CNc2ncncc2Cl)c1. The lowest BCUT2D eigenvalue weighted by Gasteiger charge is -2.08. The Bertz CT molecular complexity index is 519. The van der Waals surface area contributed by atoms with Gasteiger partial charge in [0.05, 0.1) is 12.8 Å². The van der Waals surface area contributed by atoms with E-state index in [0.717, 1.165) is 11.1 Å². The standard InChI is InChI=1S/C13H14ClN3O/c1-18-8-11-4-2-3-10(5-11)6-16-13-12(14)7-15-9-17-13/h2-5,7,9H,6,8H2,1H3,(H,15,16,17). The van der Waals surface area contributed by atoms with Crippen molar-refractivity contribution in [3.05, 3.63) is 52.9 Å². The minimum atomic E-state index is 0.519. The van der Waals surface area contributed by atoms with E-state index in [1.54, 1.807) is 13.3 Å². The summed E-state index contributed by atoms with van der Waals surface area (Å²) in [7, 11) is 1.69. The van der Waals surface area contributed by atoms with Gasteiger partial charge in [0.15, 0.2) is 0 Å². The van der Waals surface area contributed by atoms with Crippen LogP contribution in [0.15, 0.2) is 36.8 Å². The Labute approximate surface area is 111 Å². The zero-order chi connectivity index (χ0) is 12.8. The zero-order valence-corrected chi connectivity index (χ0v) is 10.8.